The van der Waals surface area contributed by atoms with Crippen molar-refractivity contribution in [2.24, 2.45) is 0 Å². The lowest BCUT2D eigenvalue weighted by Crippen LogP contribution is -2.27. The number of hydrazine groups is 1. The van der Waals surface area contributed by atoms with Crippen molar-refractivity contribution < 1.29 is 9.90 Å². The first kappa shape index (κ1) is 8.54. The fourth-order valence-corrected chi connectivity index (χ4v) is 0.669. The van der Waals surface area contributed by atoms with Crippen LogP contribution in [0.3, 0.4) is 0 Å². The molecular formula is C5H5ClN4O2. The van der Waals surface area contributed by atoms with E-state index in [1.807, 2.05) is 5.43 Å². The van der Waals surface area contributed by atoms with Crippen LogP contribution in [0.2, 0.25) is 5.02 Å². The summed E-state index contributed by atoms with van der Waals surface area (Å²) in [7, 11) is 0. The Morgan fingerprint density at radius 1 is 1.67 bits per heavy atom. The lowest BCUT2D eigenvalue weighted by atomic mass is 10.5. The van der Waals surface area contributed by atoms with Gasteiger partial charge in [0, 0.05) is 6.07 Å². The molecule has 0 aromatic carbocycles. The zero-order valence-electron chi connectivity index (χ0n) is 5.78. The van der Waals surface area contributed by atoms with E-state index in [4.69, 9.17) is 16.7 Å². The van der Waals surface area contributed by atoms with E-state index in [0.29, 0.717) is 5.02 Å². The fraction of sp³-hybridized carbons (Fsp3) is 0. The quantitative estimate of drug-likeness (QED) is 0.596. The molecule has 0 atom stereocenters. The lowest BCUT2D eigenvalue weighted by Gasteiger charge is -2.02. The summed E-state index contributed by atoms with van der Waals surface area (Å²) in [5.41, 5.74) is 4.17. The Bertz CT molecular complexity index is 293. The van der Waals surface area contributed by atoms with E-state index in [1.165, 1.54) is 12.3 Å². The molecule has 0 saturated heterocycles. The number of nitrogens with one attached hydrogen (secondary N) is 2. The van der Waals surface area contributed by atoms with Gasteiger partial charge in [0.1, 0.15) is 0 Å². The predicted octanol–water partition coefficient (Wildman–Crippen LogP) is 0.724. The van der Waals surface area contributed by atoms with Gasteiger partial charge in [-0.2, -0.15) is 5.10 Å². The molecule has 1 heterocycles. The van der Waals surface area contributed by atoms with Gasteiger partial charge in [-0.05, 0) is 0 Å². The standard InChI is InChI=1S/C5H5ClN4O2/c6-3-1-4(8-7-2-3)9-10-5(11)12/h1-2,10H,(H,8,9)(H,11,12). The maximum atomic E-state index is 10.0. The average molecular weight is 189 g/mol. The number of aromatic nitrogens is 2. The van der Waals surface area contributed by atoms with Crippen LogP contribution in [0.25, 0.3) is 0 Å². The molecule has 7 heteroatoms. The van der Waals surface area contributed by atoms with Crippen LogP contribution in [-0.4, -0.2) is 21.4 Å². The Labute approximate surface area is 72.5 Å². The van der Waals surface area contributed by atoms with E-state index in [2.05, 4.69) is 15.6 Å². The molecule has 0 radical (unpaired) electrons. The lowest BCUT2D eigenvalue weighted by molar-refractivity contribution is 0.197. The molecule has 0 saturated carbocycles. The molecule has 6 nitrogen and oxygen atoms in total. The smallest absolute Gasteiger partial charge is 0.423 e. The van der Waals surface area contributed by atoms with Crippen LogP contribution >= 0.6 is 11.6 Å². The second kappa shape index (κ2) is 3.72. The molecule has 0 spiro atoms. The number of anilines is 1. The van der Waals surface area contributed by atoms with Gasteiger partial charge in [-0.3, -0.25) is 5.43 Å². The molecule has 1 amide bonds. The highest BCUT2D eigenvalue weighted by Crippen LogP contribution is 2.08. The number of halogens is 1. The monoisotopic (exact) mass is 188 g/mol. The van der Waals surface area contributed by atoms with Gasteiger partial charge < -0.3 is 5.11 Å². The van der Waals surface area contributed by atoms with Gasteiger partial charge in [-0.15, -0.1) is 5.10 Å². The summed E-state index contributed by atoms with van der Waals surface area (Å²) in [4.78, 5) is 10.0. The molecule has 1 aromatic heterocycles. The van der Waals surface area contributed by atoms with E-state index in [9.17, 15) is 4.79 Å². The van der Waals surface area contributed by atoms with Crippen molar-refractivity contribution >= 4 is 23.5 Å². The fourth-order valence-electron chi connectivity index (χ4n) is 0.522. The Kier molecular flexibility index (Phi) is 2.65. The highest BCUT2D eigenvalue weighted by molar-refractivity contribution is 6.30. The largest absolute Gasteiger partial charge is 0.464 e. The molecule has 0 aliphatic heterocycles. The minimum absolute atomic E-state index is 0.241. The van der Waals surface area contributed by atoms with E-state index >= 15 is 0 Å². The van der Waals surface area contributed by atoms with Crippen LogP contribution < -0.4 is 10.9 Å². The van der Waals surface area contributed by atoms with Gasteiger partial charge in [0.15, 0.2) is 5.82 Å². The molecule has 0 fully saturated rings. The van der Waals surface area contributed by atoms with Crippen LogP contribution in [0.5, 0.6) is 0 Å². The van der Waals surface area contributed by atoms with Crippen LogP contribution in [0.15, 0.2) is 12.3 Å². The molecule has 0 bridgehead atoms. The number of nitrogens with zero attached hydrogens (tertiary/aromatic N) is 2. The van der Waals surface area contributed by atoms with Gasteiger partial charge >= 0.3 is 6.09 Å². The normalized spacial score (nSPS) is 9.08. The third kappa shape index (κ3) is 2.59. The van der Waals surface area contributed by atoms with Crippen molar-refractivity contribution in [2.45, 2.75) is 0 Å². The Hall–Kier alpha value is -1.56. The first-order chi connectivity index (χ1) is 5.68. The number of carbonyl (C=O) groups is 1. The molecule has 1 rings (SSSR count). The second-order valence-electron chi connectivity index (χ2n) is 1.81. The molecule has 0 aliphatic rings. The van der Waals surface area contributed by atoms with Gasteiger partial charge in [0.05, 0.1) is 11.2 Å². The maximum absolute atomic E-state index is 10.0. The van der Waals surface area contributed by atoms with Gasteiger partial charge in [0.25, 0.3) is 0 Å². The van der Waals surface area contributed by atoms with Crippen molar-refractivity contribution in [3.05, 3.63) is 17.3 Å². The van der Waals surface area contributed by atoms with Crippen LogP contribution in [0, 0.1) is 0 Å². The number of rotatable bonds is 2. The third-order valence-electron chi connectivity index (χ3n) is 0.919. The SMILES string of the molecule is O=C(O)NNc1cc(Cl)cnn1. The molecular weight excluding hydrogens is 184 g/mol. The summed E-state index contributed by atoms with van der Waals surface area (Å²) in [6.45, 7) is 0. The Morgan fingerprint density at radius 2 is 2.42 bits per heavy atom. The van der Waals surface area contributed by atoms with Crippen LogP contribution in [0.1, 0.15) is 0 Å². The van der Waals surface area contributed by atoms with Crippen molar-refractivity contribution in [3.8, 4) is 0 Å². The van der Waals surface area contributed by atoms with Crippen LogP contribution in [-0.2, 0) is 0 Å². The number of carboxylic acid groups (broad SMARTS) is 1. The van der Waals surface area contributed by atoms with E-state index in [0.717, 1.165) is 0 Å². The van der Waals surface area contributed by atoms with Crippen molar-refractivity contribution in [2.75, 3.05) is 5.43 Å². The summed E-state index contributed by atoms with van der Waals surface area (Å²) in [6.07, 6.45) is 0.129. The highest BCUT2D eigenvalue weighted by Gasteiger charge is 1.96. The highest BCUT2D eigenvalue weighted by atomic mass is 35.5. The first-order valence-corrected chi connectivity index (χ1v) is 3.29. The maximum Gasteiger partial charge on any atom is 0.423 e. The summed E-state index contributed by atoms with van der Waals surface area (Å²) >= 11 is 5.54. The molecule has 0 aliphatic carbocycles. The third-order valence-corrected chi connectivity index (χ3v) is 1.13. The van der Waals surface area contributed by atoms with E-state index < -0.39 is 6.09 Å². The van der Waals surface area contributed by atoms with Crippen molar-refractivity contribution in [3.63, 3.8) is 0 Å². The summed E-state index contributed by atoms with van der Waals surface area (Å²) in [5, 5.41) is 15.6. The van der Waals surface area contributed by atoms with Crippen molar-refractivity contribution in [1.82, 2.24) is 15.6 Å². The predicted molar refractivity (Wildman–Crippen MR) is 41.8 cm³/mol. The zero-order valence-corrected chi connectivity index (χ0v) is 6.54. The minimum atomic E-state index is -1.21. The molecule has 1 aromatic rings. The molecule has 12 heavy (non-hydrogen) atoms. The zero-order chi connectivity index (χ0) is 8.97. The topological polar surface area (TPSA) is 87.1 Å². The second-order valence-corrected chi connectivity index (χ2v) is 2.25. The first-order valence-electron chi connectivity index (χ1n) is 2.91. The van der Waals surface area contributed by atoms with E-state index in [1.54, 1.807) is 0 Å². The number of hydrogen-bond donors (Lipinski definition) is 3. The van der Waals surface area contributed by atoms with Crippen molar-refractivity contribution in [1.29, 1.82) is 0 Å². The van der Waals surface area contributed by atoms with E-state index in [-0.39, 0.29) is 5.82 Å². The summed E-state index contributed by atoms with van der Waals surface area (Å²) < 4.78 is 0. The molecule has 0 unspecified atom stereocenters. The Morgan fingerprint density at radius 3 is 3.00 bits per heavy atom. The average Bonchev–Trinajstić information content (AvgIpc) is 2.01. The molecule has 3 N–H and O–H groups in total. The van der Waals surface area contributed by atoms with Gasteiger partial charge in [-0.25, -0.2) is 10.2 Å². The van der Waals surface area contributed by atoms with Gasteiger partial charge in [-0.1, -0.05) is 11.6 Å². The minimum Gasteiger partial charge on any atom is -0.464 e. The Balaban J connectivity index is 2.57. The summed E-state index contributed by atoms with van der Waals surface area (Å²) in [6, 6.07) is 1.44. The number of hydrogen-bond acceptors (Lipinski definition) is 4. The number of amides is 1. The molecule has 64 valence electrons. The van der Waals surface area contributed by atoms with Crippen LogP contribution in [0.4, 0.5) is 10.6 Å². The van der Waals surface area contributed by atoms with Gasteiger partial charge in [0.2, 0.25) is 0 Å². The summed E-state index contributed by atoms with van der Waals surface area (Å²) in [5.74, 6) is 0.241.